The Morgan fingerprint density at radius 1 is 1.47 bits per heavy atom. The molecule has 0 radical (unpaired) electrons. The number of amides is 1. The Balaban J connectivity index is 1.85. The minimum atomic E-state index is 0.297. The van der Waals surface area contributed by atoms with Gasteiger partial charge in [0.15, 0.2) is 0 Å². The van der Waals surface area contributed by atoms with E-state index in [1.165, 1.54) is 12.8 Å². The molecule has 4 heteroatoms. The quantitative estimate of drug-likeness (QED) is 0.801. The Hall–Kier alpha value is -1.32. The Labute approximate surface area is 103 Å². The molecule has 94 valence electrons. The van der Waals surface area contributed by atoms with Crippen LogP contribution in [-0.2, 0) is 11.3 Å². The molecule has 2 heterocycles. The van der Waals surface area contributed by atoms with Gasteiger partial charge in [0.1, 0.15) is 0 Å². The van der Waals surface area contributed by atoms with E-state index in [1.807, 2.05) is 10.8 Å². The summed E-state index contributed by atoms with van der Waals surface area (Å²) in [6, 6.07) is 0.471. The minimum absolute atomic E-state index is 0.297. The number of aromatic nitrogens is 2. The van der Waals surface area contributed by atoms with Gasteiger partial charge in [0, 0.05) is 37.9 Å². The number of aryl methyl sites for hydroxylation is 1. The first-order valence-corrected chi connectivity index (χ1v) is 6.56. The number of piperidine rings is 1. The Kier molecular flexibility index (Phi) is 4.18. The van der Waals surface area contributed by atoms with Gasteiger partial charge in [0.2, 0.25) is 5.91 Å². The number of imidazole rings is 1. The van der Waals surface area contributed by atoms with E-state index in [0.29, 0.717) is 18.4 Å². The molecule has 1 aromatic heterocycles. The molecule has 1 aromatic rings. The molecule has 0 aliphatic carbocycles. The first kappa shape index (κ1) is 12.1. The zero-order valence-corrected chi connectivity index (χ0v) is 10.5. The Morgan fingerprint density at radius 2 is 2.35 bits per heavy atom. The van der Waals surface area contributed by atoms with Gasteiger partial charge in [-0.2, -0.15) is 0 Å². The van der Waals surface area contributed by atoms with E-state index < -0.39 is 0 Å². The van der Waals surface area contributed by atoms with Crippen molar-refractivity contribution in [1.29, 1.82) is 0 Å². The van der Waals surface area contributed by atoms with E-state index in [2.05, 4.69) is 16.8 Å². The zero-order chi connectivity index (χ0) is 12.1. The highest BCUT2D eigenvalue weighted by Crippen LogP contribution is 2.20. The van der Waals surface area contributed by atoms with E-state index in [0.717, 1.165) is 25.9 Å². The summed E-state index contributed by atoms with van der Waals surface area (Å²) in [5.74, 6) is 0.297. The number of hydrogen-bond acceptors (Lipinski definition) is 2. The number of carbonyl (C=O) groups excluding carboxylic acids is 1. The summed E-state index contributed by atoms with van der Waals surface area (Å²) in [6.07, 6.45) is 10.7. The van der Waals surface area contributed by atoms with Crippen LogP contribution in [0.1, 0.15) is 39.0 Å². The van der Waals surface area contributed by atoms with Crippen molar-refractivity contribution in [3.63, 3.8) is 0 Å². The van der Waals surface area contributed by atoms with Crippen LogP contribution in [0.15, 0.2) is 18.7 Å². The van der Waals surface area contributed by atoms with E-state index in [4.69, 9.17) is 0 Å². The largest absolute Gasteiger partial charge is 0.340 e. The average Bonchev–Trinajstić information content (AvgIpc) is 2.89. The maximum atomic E-state index is 12.2. The number of carbonyl (C=O) groups is 1. The molecule has 4 nitrogen and oxygen atoms in total. The summed E-state index contributed by atoms with van der Waals surface area (Å²) in [5.41, 5.74) is 0. The summed E-state index contributed by atoms with van der Waals surface area (Å²) in [6.45, 7) is 3.86. The van der Waals surface area contributed by atoms with Crippen LogP contribution >= 0.6 is 0 Å². The molecule has 0 spiro atoms. The van der Waals surface area contributed by atoms with Crippen LogP contribution in [0.3, 0.4) is 0 Å². The number of rotatable bonds is 4. The van der Waals surface area contributed by atoms with Crippen LogP contribution in [-0.4, -0.2) is 32.9 Å². The van der Waals surface area contributed by atoms with Gasteiger partial charge < -0.3 is 9.47 Å². The molecule has 0 N–H and O–H groups in total. The summed E-state index contributed by atoms with van der Waals surface area (Å²) in [7, 11) is 0. The van der Waals surface area contributed by atoms with Crippen molar-refractivity contribution in [2.75, 3.05) is 6.54 Å². The van der Waals surface area contributed by atoms with E-state index in [-0.39, 0.29) is 0 Å². The van der Waals surface area contributed by atoms with E-state index >= 15 is 0 Å². The third kappa shape index (κ3) is 3.08. The lowest BCUT2D eigenvalue weighted by molar-refractivity contribution is -0.135. The molecule has 1 aliphatic heterocycles. The van der Waals surface area contributed by atoms with Gasteiger partial charge in [-0.3, -0.25) is 4.79 Å². The lowest BCUT2D eigenvalue weighted by atomic mass is 9.99. The normalized spacial score (nSPS) is 20.5. The highest BCUT2D eigenvalue weighted by Gasteiger charge is 2.24. The highest BCUT2D eigenvalue weighted by atomic mass is 16.2. The van der Waals surface area contributed by atoms with Crippen LogP contribution in [0.4, 0.5) is 0 Å². The summed E-state index contributed by atoms with van der Waals surface area (Å²) < 4.78 is 1.96. The van der Waals surface area contributed by atoms with Crippen molar-refractivity contribution in [3.05, 3.63) is 18.7 Å². The number of likely N-dealkylation sites (tertiary alicyclic amines) is 1. The molecule has 1 fully saturated rings. The summed E-state index contributed by atoms with van der Waals surface area (Å²) >= 11 is 0. The van der Waals surface area contributed by atoms with Gasteiger partial charge in [-0.05, 0) is 25.7 Å². The van der Waals surface area contributed by atoms with Crippen LogP contribution in [0.2, 0.25) is 0 Å². The molecule has 1 atom stereocenters. The van der Waals surface area contributed by atoms with Crippen LogP contribution < -0.4 is 0 Å². The van der Waals surface area contributed by atoms with E-state index in [9.17, 15) is 4.79 Å². The van der Waals surface area contributed by atoms with Crippen molar-refractivity contribution in [1.82, 2.24) is 14.5 Å². The van der Waals surface area contributed by atoms with Gasteiger partial charge in [0.05, 0.1) is 6.33 Å². The van der Waals surface area contributed by atoms with Gasteiger partial charge in [-0.15, -0.1) is 0 Å². The minimum Gasteiger partial charge on any atom is -0.340 e. The van der Waals surface area contributed by atoms with Gasteiger partial charge in [0.25, 0.3) is 0 Å². The molecule has 0 unspecified atom stereocenters. The van der Waals surface area contributed by atoms with Crippen molar-refractivity contribution in [2.45, 2.75) is 51.6 Å². The zero-order valence-electron chi connectivity index (χ0n) is 10.5. The van der Waals surface area contributed by atoms with Crippen molar-refractivity contribution >= 4 is 5.91 Å². The van der Waals surface area contributed by atoms with Crippen molar-refractivity contribution in [3.8, 4) is 0 Å². The SMILES string of the molecule is CC[C@@H]1CCCCN1C(=O)CCn1ccnc1. The molecular weight excluding hydrogens is 214 g/mol. The number of hydrogen-bond donors (Lipinski definition) is 0. The standard InChI is InChI=1S/C13H21N3O/c1-2-12-5-3-4-8-16(12)13(17)6-9-15-10-7-14-11-15/h7,10-12H,2-6,8-9H2,1H3/t12-/m1/s1. The predicted octanol–water partition coefficient (Wildman–Crippen LogP) is 2.06. The maximum absolute atomic E-state index is 12.2. The lowest BCUT2D eigenvalue weighted by Gasteiger charge is -2.35. The lowest BCUT2D eigenvalue weighted by Crippen LogP contribution is -2.43. The summed E-state index contributed by atoms with van der Waals surface area (Å²) in [5, 5.41) is 0. The van der Waals surface area contributed by atoms with Gasteiger partial charge in [-0.25, -0.2) is 4.98 Å². The fourth-order valence-electron chi connectivity index (χ4n) is 2.54. The maximum Gasteiger partial charge on any atom is 0.224 e. The Bertz CT molecular complexity index is 348. The highest BCUT2D eigenvalue weighted by molar-refractivity contribution is 5.76. The molecule has 1 saturated heterocycles. The monoisotopic (exact) mass is 235 g/mol. The molecule has 0 bridgehead atoms. The first-order valence-electron chi connectivity index (χ1n) is 6.56. The number of nitrogens with zero attached hydrogens (tertiary/aromatic N) is 3. The molecule has 2 rings (SSSR count). The topological polar surface area (TPSA) is 38.1 Å². The molecular formula is C13H21N3O. The molecule has 0 aromatic carbocycles. The molecule has 1 aliphatic rings. The third-order valence-corrected chi connectivity index (χ3v) is 3.56. The van der Waals surface area contributed by atoms with Crippen LogP contribution in [0.5, 0.6) is 0 Å². The third-order valence-electron chi connectivity index (χ3n) is 3.56. The molecule has 1 amide bonds. The molecule has 17 heavy (non-hydrogen) atoms. The predicted molar refractivity (Wildman–Crippen MR) is 66.5 cm³/mol. The average molecular weight is 235 g/mol. The second kappa shape index (κ2) is 5.84. The van der Waals surface area contributed by atoms with Gasteiger partial charge in [-0.1, -0.05) is 6.92 Å². The second-order valence-electron chi connectivity index (χ2n) is 4.70. The smallest absolute Gasteiger partial charge is 0.224 e. The van der Waals surface area contributed by atoms with E-state index in [1.54, 1.807) is 12.5 Å². The fraction of sp³-hybridized carbons (Fsp3) is 0.692. The van der Waals surface area contributed by atoms with Crippen LogP contribution in [0, 0.1) is 0 Å². The summed E-state index contributed by atoms with van der Waals surface area (Å²) in [4.78, 5) is 18.2. The van der Waals surface area contributed by atoms with Crippen molar-refractivity contribution in [2.24, 2.45) is 0 Å². The second-order valence-corrected chi connectivity index (χ2v) is 4.70. The first-order chi connectivity index (χ1) is 8.31. The van der Waals surface area contributed by atoms with Crippen molar-refractivity contribution < 1.29 is 4.79 Å². The molecule has 0 saturated carbocycles. The Morgan fingerprint density at radius 3 is 3.06 bits per heavy atom. The van der Waals surface area contributed by atoms with Crippen LogP contribution in [0.25, 0.3) is 0 Å². The van der Waals surface area contributed by atoms with Gasteiger partial charge >= 0.3 is 0 Å². The fourth-order valence-corrected chi connectivity index (χ4v) is 2.54.